The number of thiophene rings is 1. The lowest BCUT2D eigenvalue weighted by molar-refractivity contribution is -0.135. The quantitative estimate of drug-likeness (QED) is 0.801. The van der Waals surface area contributed by atoms with Crippen LogP contribution in [-0.4, -0.2) is 72.2 Å². The van der Waals surface area contributed by atoms with E-state index in [0.717, 1.165) is 0 Å². The standard InChI is InChI=1S/C18H25N3O3S/c1-13(2)16(23)20-5-6-21(17(24)14-4-7-25-9-14)12-18(11-20)8-15(22)19(3)10-18/h4,7,9,13H,5-6,8,10-12H2,1-3H3. The minimum atomic E-state index is -0.376. The van der Waals surface area contributed by atoms with Gasteiger partial charge in [0.25, 0.3) is 5.91 Å². The Labute approximate surface area is 152 Å². The van der Waals surface area contributed by atoms with E-state index in [0.29, 0.717) is 44.7 Å². The normalized spacial score (nSPS) is 24.3. The molecular formula is C18H25N3O3S. The molecule has 2 aliphatic heterocycles. The molecular weight excluding hydrogens is 338 g/mol. The predicted octanol–water partition coefficient (Wildman–Crippen LogP) is 1.54. The second-order valence-corrected chi connectivity index (χ2v) is 8.36. The zero-order chi connectivity index (χ0) is 18.2. The van der Waals surface area contributed by atoms with Gasteiger partial charge in [0.1, 0.15) is 0 Å². The van der Waals surface area contributed by atoms with Gasteiger partial charge in [0.05, 0.1) is 5.56 Å². The Morgan fingerprint density at radius 2 is 1.84 bits per heavy atom. The van der Waals surface area contributed by atoms with E-state index in [9.17, 15) is 14.4 Å². The molecule has 1 spiro atoms. The van der Waals surface area contributed by atoms with Gasteiger partial charge >= 0.3 is 0 Å². The van der Waals surface area contributed by atoms with Crippen LogP contribution in [0.4, 0.5) is 0 Å². The van der Waals surface area contributed by atoms with Gasteiger partial charge in [-0.3, -0.25) is 14.4 Å². The van der Waals surface area contributed by atoms with Crippen molar-refractivity contribution in [2.24, 2.45) is 11.3 Å². The van der Waals surface area contributed by atoms with E-state index in [-0.39, 0.29) is 29.1 Å². The number of amides is 3. The van der Waals surface area contributed by atoms with E-state index in [1.807, 2.05) is 40.5 Å². The number of hydrogen-bond acceptors (Lipinski definition) is 4. The average Bonchev–Trinajstić information content (AvgIpc) is 3.13. The molecule has 1 atom stereocenters. The fourth-order valence-corrected chi connectivity index (χ4v) is 4.50. The number of rotatable bonds is 2. The Kier molecular flexibility index (Phi) is 4.86. The molecule has 0 saturated carbocycles. The monoisotopic (exact) mass is 363 g/mol. The van der Waals surface area contributed by atoms with Gasteiger partial charge in [-0.1, -0.05) is 13.8 Å². The highest BCUT2D eigenvalue weighted by molar-refractivity contribution is 7.08. The molecule has 0 bridgehead atoms. The molecule has 0 radical (unpaired) electrons. The molecule has 0 aromatic carbocycles. The number of carbonyl (C=O) groups excluding carboxylic acids is 3. The fourth-order valence-electron chi connectivity index (χ4n) is 3.87. The summed E-state index contributed by atoms with van der Waals surface area (Å²) in [4.78, 5) is 43.0. The Bertz CT molecular complexity index is 673. The highest BCUT2D eigenvalue weighted by Crippen LogP contribution is 2.35. The molecule has 3 amide bonds. The second kappa shape index (κ2) is 6.78. The van der Waals surface area contributed by atoms with Crippen LogP contribution in [0, 0.1) is 11.3 Å². The third-order valence-corrected chi connectivity index (χ3v) is 5.76. The molecule has 25 heavy (non-hydrogen) atoms. The first-order valence-corrected chi connectivity index (χ1v) is 9.60. The van der Waals surface area contributed by atoms with E-state index in [4.69, 9.17) is 0 Å². The summed E-state index contributed by atoms with van der Waals surface area (Å²) in [6.45, 7) is 6.44. The van der Waals surface area contributed by atoms with Crippen molar-refractivity contribution < 1.29 is 14.4 Å². The first kappa shape index (κ1) is 17.9. The number of hydrogen-bond donors (Lipinski definition) is 0. The van der Waals surface area contributed by atoms with Crippen LogP contribution in [0.15, 0.2) is 16.8 Å². The molecule has 1 aromatic heterocycles. The highest BCUT2D eigenvalue weighted by atomic mass is 32.1. The topological polar surface area (TPSA) is 60.9 Å². The SMILES string of the molecule is CC(C)C(=O)N1CCN(C(=O)c2ccsc2)CC2(CC(=O)N(C)C2)C1. The summed E-state index contributed by atoms with van der Waals surface area (Å²) in [7, 11) is 1.79. The summed E-state index contributed by atoms with van der Waals surface area (Å²) in [5.41, 5.74) is 0.305. The van der Waals surface area contributed by atoms with Crippen LogP contribution in [0.3, 0.4) is 0 Å². The van der Waals surface area contributed by atoms with E-state index in [1.54, 1.807) is 11.9 Å². The average molecular weight is 363 g/mol. The number of carbonyl (C=O) groups is 3. The molecule has 7 heteroatoms. The smallest absolute Gasteiger partial charge is 0.254 e. The van der Waals surface area contributed by atoms with E-state index in [1.165, 1.54) is 11.3 Å². The van der Waals surface area contributed by atoms with Crippen LogP contribution in [0.1, 0.15) is 30.6 Å². The van der Waals surface area contributed by atoms with Crippen LogP contribution in [-0.2, 0) is 9.59 Å². The molecule has 2 fully saturated rings. The molecule has 2 saturated heterocycles. The van der Waals surface area contributed by atoms with Crippen molar-refractivity contribution in [2.45, 2.75) is 20.3 Å². The minimum absolute atomic E-state index is 0.0125. The molecule has 2 aliphatic rings. The second-order valence-electron chi connectivity index (χ2n) is 7.58. The Hall–Kier alpha value is -1.89. The maximum atomic E-state index is 12.9. The molecule has 0 N–H and O–H groups in total. The minimum Gasteiger partial charge on any atom is -0.345 e. The predicted molar refractivity (Wildman–Crippen MR) is 96.3 cm³/mol. The van der Waals surface area contributed by atoms with Gasteiger partial charge in [0, 0.05) is 62.9 Å². The largest absolute Gasteiger partial charge is 0.345 e. The zero-order valence-corrected chi connectivity index (χ0v) is 15.8. The Morgan fingerprint density at radius 1 is 1.16 bits per heavy atom. The van der Waals surface area contributed by atoms with Crippen LogP contribution in [0.25, 0.3) is 0 Å². The summed E-state index contributed by atoms with van der Waals surface area (Å²) in [6, 6.07) is 1.83. The third kappa shape index (κ3) is 3.56. The molecule has 3 rings (SSSR count). The maximum Gasteiger partial charge on any atom is 0.254 e. The van der Waals surface area contributed by atoms with Crippen molar-refractivity contribution in [1.29, 1.82) is 0 Å². The summed E-state index contributed by atoms with van der Waals surface area (Å²) >= 11 is 1.50. The third-order valence-electron chi connectivity index (χ3n) is 5.08. The lowest BCUT2D eigenvalue weighted by Gasteiger charge is -2.33. The van der Waals surface area contributed by atoms with Crippen molar-refractivity contribution in [3.63, 3.8) is 0 Å². The molecule has 1 aromatic rings. The Morgan fingerprint density at radius 3 is 2.40 bits per heavy atom. The van der Waals surface area contributed by atoms with Crippen molar-refractivity contribution in [1.82, 2.24) is 14.7 Å². The summed E-state index contributed by atoms with van der Waals surface area (Å²) < 4.78 is 0. The lowest BCUT2D eigenvalue weighted by atomic mass is 9.85. The first-order valence-electron chi connectivity index (χ1n) is 8.65. The number of nitrogens with zero attached hydrogens (tertiary/aromatic N) is 3. The van der Waals surface area contributed by atoms with Gasteiger partial charge in [0.2, 0.25) is 11.8 Å². The Balaban J connectivity index is 1.88. The van der Waals surface area contributed by atoms with E-state index >= 15 is 0 Å². The zero-order valence-electron chi connectivity index (χ0n) is 15.0. The fraction of sp³-hybridized carbons (Fsp3) is 0.611. The van der Waals surface area contributed by atoms with Gasteiger partial charge in [0.15, 0.2) is 0 Å². The van der Waals surface area contributed by atoms with Gasteiger partial charge in [-0.15, -0.1) is 0 Å². The van der Waals surface area contributed by atoms with Crippen molar-refractivity contribution >= 4 is 29.1 Å². The van der Waals surface area contributed by atoms with Crippen molar-refractivity contribution in [3.8, 4) is 0 Å². The molecule has 0 aliphatic carbocycles. The van der Waals surface area contributed by atoms with E-state index in [2.05, 4.69) is 0 Å². The van der Waals surface area contributed by atoms with Gasteiger partial charge in [-0.05, 0) is 11.4 Å². The molecule has 136 valence electrons. The van der Waals surface area contributed by atoms with Gasteiger partial charge in [-0.25, -0.2) is 0 Å². The highest BCUT2D eigenvalue weighted by Gasteiger charge is 2.47. The molecule has 6 nitrogen and oxygen atoms in total. The number of likely N-dealkylation sites (tertiary alicyclic amines) is 1. The summed E-state index contributed by atoms with van der Waals surface area (Å²) in [6.07, 6.45) is 0.388. The van der Waals surface area contributed by atoms with Crippen molar-refractivity contribution in [2.75, 3.05) is 39.8 Å². The van der Waals surface area contributed by atoms with Gasteiger partial charge in [-0.2, -0.15) is 11.3 Å². The van der Waals surface area contributed by atoms with Crippen LogP contribution < -0.4 is 0 Å². The maximum absolute atomic E-state index is 12.9. The molecule has 3 heterocycles. The first-order chi connectivity index (χ1) is 11.8. The summed E-state index contributed by atoms with van der Waals surface area (Å²) in [5.74, 6) is 0.0699. The van der Waals surface area contributed by atoms with Gasteiger partial charge < -0.3 is 14.7 Å². The summed E-state index contributed by atoms with van der Waals surface area (Å²) in [5, 5.41) is 3.74. The van der Waals surface area contributed by atoms with E-state index < -0.39 is 0 Å². The van der Waals surface area contributed by atoms with Crippen LogP contribution >= 0.6 is 11.3 Å². The lowest BCUT2D eigenvalue weighted by Crippen LogP contribution is -2.45. The van der Waals surface area contributed by atoms with Crippen LogP contribution in [0.2, 0.25) is 0 Å². The van der Waals surface area contributed by atoms with Crippen molar-refractivity contribution in [3.05, 3.63) is 22.4 Å². The molecule has 1 unspecified atom stereocenters. The van der Waals surface area contributed by atoms with Crippen LogP contribution in [0.5, 0.6) is 0 Å².